The molecule has 21 heavy (non-hydrogen) atoms. The van der Waals surface area contributed by atoms with Gasteiger partial charge in [-0.05, 0) is 37.1 Å². The molecule has 1 amide bonds. The zero-order valence-electron chi connectivity index (χ0n) is 13.2. The number of hydrogen-bond acceptors (Lipinski definition) is 4. The molecule has 2 atom stereocenters. The first kappa shape index (κ1) is 17.5. The van der Waals surface area contributed by atoms with E-state index in [0.29, 0.717) is 6.54 Å². The van der Waals surface area contributed by atoms with Gasteiger partial charge >= 0.3 is 0 Å². The summed E-state index contributed by atoms with van der Waals surface area (Å²) in [5.74, 6) is 0.00390. The van der Waals surface area contributed by atoms with Gasteiger partial charge in [0.15, 0.2) is 0 Å². The molecule has 5 heteroatoms. The molecule has 0 aromatic heterocycles. The van der Waals surface area contributed by atoms with Crippen molar-refractivity contribution in [3.8, 4) is 0 Å². The minimum absolute atomic E-state index is 0.121. The molecule has 5 nitrogen and oxygen atoms in total. The van der Waals surface area contributed by atoms with Crippen LogP contribution in [0.25, 0.3) is 0 Å². The Labute approximate surface area is 127 Å². The van der Waals surface area contributed by atoms with Gasteiger partial charge in [-0.2, -0.15) is 0 Å². The Balaban J connectivity index is 2.68. The summed E-state index contributed by atoms with van der Waals surface area (Å²) >= 11 is 0. The molecule has 0 aliphatic heterocycles. The van der Waals surface area contributed by atoms with Crippen molar-refractivity contribution in [1.29, 1.82) is 0 Å². The topological polar surface area (TPSA) is 78.6 Å². The largest absolute Gasteiger partial charge is 0.395 e. The molecule has 1 rings (SSSR count). The Morgan fingerprint density at radius 1 is 1.33 bits per heavy atom. The Morgan fingerprint density at radius 3 is 2.43 bits per heavy atom. The van der Waals surface area contributed by atoms with Crippen LogP contribution in [0.5, 0.6) is 0 Å². The molecule has 118 valence electrons. The van der Waals surface area contributed by atoms with Crippen molar-refractivity contribution in [2.75, 3.05) is 29.9 Å². The third-order valence-electron chi connectivity index (χ3n) is 3.81. The van der Waals surface area contributed by atoms with Crippen LogP contribution in [0.1, 0.15) is 27.2 Å². The predicted octanol–water partition coefficient (Wildman–Crippen LogP) is 1.82. The number of aliphatic hydroxyl groups is 1. The maximum absolute atomic E-state index is 12.0. The fourth-order valence-electron chi connectivity index (χ4n) is 2.08. The summed E-state index contributed by atoms with van der Waals surface area (Å²) in [4.78, 5) is 14.1. The minimum Gasteiger partial charge on any atom is -0.395 e. The summed E-state index contributed by atoms with van der Waals surface area (Å²) in [5, 5.41) is 11.9. The Morgan fingerprint density at radius 2 is 1.95 bits per heavy atom. The van der Waals surface area contributed by atoms with Gasteiger partial charge in [0.1, 0.15) is 0 Å². The quantitative estimate of drug-likeness (QED) is 0.683. The van der Waals surface area contributed by atoms with E-state index in [1.165, 1.54) is 0 Å². The molecule has 1 aromatic rings. The Hall–Kier alpha value is -1.59. The number of benzene rings is 1. The van der Waals surface area contributed by atoms with E-state index < -0.39 is 6.04 Å². The lowest BCUT2D eigenvalue weighted by Crippen LogP contribution is -2.40. The molecular weight excluding hydrogens is 266 g/mol. The molecule has 0 heterocycles. The molecule has 0 fully saturated rings. The third-order valence-corrected chi connectivity index (χ3v) is 3.81. The van der Waals surface area contributed by atoms with Crippen LogP contribution in [0.2, 0.25) is 0 Å². The Kier molecular flexibility index (Phi) is 7.19. The summed E-state index contributed by atoms with van der Waals surface area (Å²) in [6.45, 7) is 7.58. The zero-order valence-corrected chi connectivity index (χ0v) is 13.2. The number of amides is 1. The van der Waals surface area contributed by atoms with Gasteiger partial charge in [0, 0.05) is 24.5 Å². The van der Waals surface area contributed by atoms with E-state index in [1.807, 2.05) is 45.0 Å². The van der Waals surface area contributed by atoms with Crippen molar-refractivity contribution in [1.82, 2.24) is 0 Å². The second kappa shape index (κ2) is 8.64. The highest BCUT2D eigenvalue weighted by Gasteiger charge is 2.19. The van der Waals surface area contributed by atoms with Crippen LogP contribution >= 0.6 is 0 Å². The smallest absolute Gasteiger partial charge is 0.241 e. The third kappa shape index (κ3) is 5.02. The molecule has 4 N–H and O–H groups in total. The van der Waals surface area contributed by atoms with E-state index in [0.717, 1.165) is 24.3 Å². The summed E-state index contributed by atoms with van der Waals surface area (Å²) in [6.07, 6.45) is 0.875. The highest BCUT2D eigenvalue weighted by molar-refractivity contribution is 5.95. The number of nitrogens with two attached hydrogens (primary N) is 1. The molecule has 0 bridgehead atoms. The van der Waals surface area contributed by atoms with Crippen LogP contribution < -0.4 is 16.0 Å². The standard InChI is InChI=1S/C16H27N3O2/c1-4-12(3)15(17)16(21)18-13-6-8-14(9-7-13)19(5-2)10-11-20/h6-9,12,15,20H,4-5,10-11,17H2,1-3H3,(H,18,21)/t12-,15-/m0/s1. The van der Waals surface area contributed by atoms with Crippen LogP contribution in [-0.4, -0.2) is 36.8 Å². The molecule has 0 aliphatic rings. The number of hydrogen-bond donors (Lipinski definition) is 3. The number of aliphatic hydroxyl groups excluding tert-OH is 1. The number of anilines is 2. The van der Waals surface area contributed by atoms with E-state index >= 15 is 0 Å². The second-order valence-corrected chi connectivity index (χ2v) is 5.25. The minimum atomic E-state index is -0.490. The molecule has 0 aliphatic carbocycles. The first-order valence-electron chi connectivity index (χ1n) is 7.55. The molecule has 0 radical (unpaired) electrons. The molecule has 0 saturated carbocycles. The van der Waals surface area contributed by atoms with Gasteiger partial charge in [-0.1, -0.05) is 20.3 Å². The lowest BCUT2D eigenvalue weighted by atomic mass is 9.99. The van der Waals surface area contributed by atoms with E-state index in [4.69, 9.17) is 10.8 Å². The first-order valence-corrected chi connectivity index (χ1v) is 7.55. The van der Waals surface area contributed by atoms with Crippen molar-refractivity contribution in [2.45, 2.75) is 33.2 Å². The van der Waals surface area contributed by atoms with Gasteiger partial charge in [0.25, 0.3) is 0 Å². The van der Waals surface area contributed by atoms with Gasteiger partial charge in [-0.25, -0.2) is 0 Å². The maximum Gasteiger partial charge on any atom is 0.241 e. The zero-order chi connectivity index (χ0) is 15.8. The lowest BCUT2D eigenvalue weighted by molar-refractivity contribution is -0.118. The number of carbonyl (C=O) groups excluding carboxylic acids is 1. The van der Waals surface area contributed by atoms with E-state index in [-0.39, 0.29) is 18.4 Å². The van der Waals surface area contributed by atoms with Crippen LogP contribution in [0.3, 0.4) is 0 Å². The number of nitrogens with zero attached hydrogens (tertiary/aromatic N) is 1. The SMILES string of the molecule is CC[C@H](C)[C@H](N)C(=O)Nc1ccc(N(CC)CCO)cc1. The monoisotopic (exact) mass is 293 g/mol. The van der Waals surface area contributed by atoms with Crippen molar-refractivity contribution in [2.24, 2.45) is 11.7 Å². The van der Waals surface area contributed by atoms with Crippen molar-refractivity contribution < 1.29 is 9.90 Å². The summed E-state index contributed by atoms with van der Waals surface area (Å²) in [6, 6.07) is 7.09. The number of likely N-dealkylation sites (N-methyl/N-ethyl adjacent to an activating group) is 1. The molecule has 0 spiro atoms. The molecule has 0 unspecified atom stereocenters. The van der Waals surface area contributed by atoms with Crippen LogP contribution in [-0.2, 0) is 4.79 Å². The first-order chi connectivity index (χ1) is 10.0. The highest BCUT2D eigenvalue weighted by atomic mass is 16.3. The summed E-state index contributed by atoms with van der Waals surface area (Å²) in [7, 11) is 0. The van der Waals surface area contributed by atoms with E-state index in [2.05, 4.69) is 10.2 Å². The van der Waals surface area contributed by atoms with Crippen LogP contribution in [0, 0.1) is 5.92 Å². The average Bonchev–Trinajstić information content (AvgIpc) is 2.51. The summed E-state index contributed by atoms with van der Waals surface area (Å²) in [5.41, 5.74) is 7.67. The predicted molar refractivity (Wildman–Crippen MR) is 87.5 cm³/mol. The number of rotatable bonds is 8. The van der Waals surface area contributed by atoms with Crippen molar-refractivity contribution >= 4 is 17.3 Å². The van der Waals surface area contributed by atoms with Crippen LogP contribution in [0.15, 0.2) is 24.3 Å². The fourth-order valence-corrected chi connectivity index (χ4v) is 2.08. The van der Waals surface area contributed by atoms with E-state index in [1.54, 1.807) is 0 Å². The van der Waals surface area contributed by atoms with Crippen molar-refractivity contribution in [3.05, 3.63) is 24.3 Å². The van der Waals surface area contributed by atoms with Crippen LogP contribution in [0.4, 0.5) is 11.4 Å². The van der Waals surface area contributed by atoms with Gasteiger partial charge in [-0.15, -0.1) is 0 Å². The second-order valence-electron chi connectivity index (χ2n) is 5.25. The van der Waals surface area contributed by atoms with Crippen molar-refractivity contribution in [3.63, 3.8) is 0 Å². The molecule has 1 aromatic carbocycles. The average molecular weight is 293 g/mol. The van der Waals surface area contributed by atoms with Gasteiger partial charge in [-0.3, -0.25) is 4.79 Å². The Bertz CT molecular complexity index is 434. The van der Waals surface area contributed by atoms with E-state index in [9.17, 15) is 4.79 Å². The number of carbonyl (C=O) groups is 1. The fraction of sp³-hybridized carbons (Fsp3) is 0.562. The van der Waals surface area contributed by atoms with Gasteiger partial charge in [0.05, 0.1) is 12.6 Å². The molecular formula is C16H27N3O2. The normalized spacial score (nSPS) is 13.6. The lowest BCUT2D eigenvalue weighted by Gasteiger charge is -2.22. The number of nitrogens with one attached hydrogen (secondary N) is 1. The van der Waals surface area contributed by atoms with Gasteiger partial charge < -0.3 is 21.1 Å². The highest BCUT2D eigenvalue weighted by Crippen LogP contribution is 2.18. The summed E-state index contributed by atoms with van der Waals surface area (Å²) < 4.78 is 0. The molecule has 0 saturated heterocycles. The maximum atomic E-state index is 12.0. The van der Waals surface area contributed by atoms with Gasteiger partial charge in [0.2, 0.25) is 5.91 Å².